The summed E-state index contributed by atoms with van der Waals surface area (Å²) in [5, 5.41) is 0. The quantitative estimate of drug-likeness (QED) is 0.287. The lowest BCUT2D eigenvalue weighted by molar-refractivity contribution is 0.160. The maximum atomic E-state index is 13.5. The largest absolute Gasteiger partial charge is 0.493 e. The first kappa shape index (κ1) is 33.2. The van der Waals surface area contributed by atoms with Crippen molar-refractivity contribution in [1.82, 2.24) is 4.90 Å². The minimum atomic E-state index is -1.76. The highest BCUT2D eigenvalue weighted by Gasteiger charge is 2.35. The molecule has 4 aliphatic rings. The predicted octanol–water partition coefficient (Wildman–Crippen LogP) is 6.59. The summed E-state index contributed by atoms with van der Waals surface area (Å²) in [4.78, 5) is 3.13. The van der Waals surface area contributed by atoms with Crippen molar-refractivity contribution in [3.8, 4) is 23.0 Å². The topological polar surface area (TPSA) is 92.8 Å². The first-order chi connectivity index (χ1) is 21.0. The molecule has 4 heterocycles. The Labute approximate surface area is 261 Å². The molecule has 7 rings (SSSR count). The maximum Gasteiger partial charge on any atom is 0.417 e. The van der Waals surface area contributed by atoms with E-state index in [9.17, 15) is 12.8 Å². The van der Waals surface area contributed by atoms with Gasteiger partial charge < -0.3 is 17.3 Å². The molecule has 234 valence electrons. The molecule has 0 aliphatic carbocycles. The van der Waals surface area contributed by atoms with E-state index in [-0.39, 0.29) is 11.9 Å². The number of nitrogens with zero attached hydrogens (tertiary/aromatic N) is 1. The Morgan fingerprint density at radius 1 is 0.884 bits per heavy atom. The Bertz CT molecular complexity index is 1450. The molecule has 0 bridgehead atoms. The van der Waals surface area contributed by atoms with Gasteiger partial charge in [-0.05, 0) is 77.6 Å². The van der Waals surface area contributed by atoms with Gasteiger partial charge in [-0.25, -0.2) is 4.39 Å². The smallest absolute Gasteiger partial charge is 0.417 e. The minimum absolute atomic E-state index is 0.197. The van der Waals surface area contributed by atoms with Crippen LogP contribution in [0.1, 0.15) is 56.0 Å². The highest BCUT2D eigenvalue weighted by Crippen LogP contribution is 2.46. The van der Waals surface area contributed by atoms with Crippen molar-refractivity contribution in [2.24, 2.45) is 0 Å². The standard InChI is InChI=1S/C24H20FNO5S2.C2H4O3S.2C2H6/c1-28-21-9-15-7-20-19-12-24-23(30-33(27)31-24)8-14(19)5-6-26(20)13-16(15)10-22(21)29-32-18-4-2-3-17(25)11-18;3-6-4-1-2-5-6;2*1-2/h2-4,8-12,20H,5-7,13H2,1H3;1-2H2;2*1-2H3. The van der Waals surface area contributed by atoms with Crippen LogP contribution in [0.25, 0.3) is 0 Å². The van der Waals surface area contributed by atoms with E-state index in [1.54, 1.807) is 19.2 Å². The van der Waals surface area contributed by atoms with Gasteiger partial charge in [-0.2, -0.15) is 8.42 Å². The van der Waals surface area contributed by atoms with E-state index in [2.05, 4.69) is 13.3 Å². The lowest BCUT2D eigenvalue weighted by Crippen LogP contribution is -2.39. The highest BCUT2D eigenvalue weighted by atomic mass is 32.2. The molecule has 0 saturated carbocycles. The second-order valence-electron chi connectivity index (χ2n) is 9.05. The Kier molecular flexibility index (Phi) is 12.3. The third kappa shape index (κ3) is 8.08. The lowest BCUT2D eigenvalue weighted by atomic mass is 9.83. The van der Waals surface area contributed by atoms with Crippen LogP contribution < -0.4 is 17.3 Å². The van der Waals surface area contributed by atoms with Crippen LogP contribution in [-0.2, 0) is 50.5 Å². The Hall–Kier alpha value is -2.68. The molecule has 2 unspecified atom stereocenters. The van der Waals surface area contributed by atoms with Gasteiger partial charge in [0.05, 0.1) is 37.3 Å². The summed E-state index contributed by atoms with van der Waals surface area (Å²) in [6, 6.07) is 14.5. The molecule has 43 heavy (non-hydrogen) atoms. The summed E-state index contributed by atoms with van der Waals surface area (Å²) in [6.07, 6.45) is 1.71. The fourth-order valence-electron chi connectivity index (χ4n) is 4.97. The molecule has 13 heteroatoms. The van der Waals surface area contributed by atoms with Crippen LogP contribution in [0.15, 0.2) is 53.4 Å². The normalized spacial score (nSPS) is 19.6. The van der Waals surface area contributed by atoms with E-state index in [0.29, 0.717) is 41.1 Å². The van der Waals surface area contributed by atoms with Crippen molar-refractivity contribution in [3.63, 3.8) is 0 Å². The molecule has 3 aromatic rings. The fraction of sp³-hybridized carbons (Fsp3) is 0.400. The highest BCUT2D eigenvalue weighted by molar-refractivity contribution is 7.95. The molecular weight excluding hydrogens is 618 g/mol. The molecule has 0 radical (unpaired) electrons. The van der Waals surface area contributed by atoms with Crippen LogP contribution in [0.5, 0.6) is 23.0 Å². The van der Waals surface area contributed by atoms with Crippen LogP contribution in [0.2, 0.25) is 0 Å². The zero-order chi connectivity index (χ0) is 30.9. The average molecular weight is 654 g/mol. The molecule has 1 fully saturated rings. The molecule has 3 aromatic carbocycles. The van der Waals surface area contributed by atoms with E-state index in [1.165, 1.54) is 34.4 Å². The van der Waals surface area contributed by atoms with Gasteiger partial charge in [-0.1, -0.05) is 33.8 Å². The SMILES string of the molecule is CC.CC.COc1cc2c(cc1OSc1cccc(F)c1)CN1CCc3cc4c(cc3C1C2)OS(=O)O4.O=S1OCCO1. The molecular formula is C30H36FNO8S3. The number of fused-ring (bicyclic) bond motifs is 5. The minimum Gasteiger partial charge on any atom is -0.493 e. The predicted molar refractivity (Wildman–Crippen MR) is 165 cm³/mol. The van der Waals surface area contributed by atoms with Gasteiger partial charge in [0.2, 0.25) is 0 Å². The van der Waals surface area contributed by atoms with E-state index in [0.717, 1.165) is 38.0 Å². The Morgan fingerprint density at radius 3 is 2.23 bits per heavy atom. The zero-order valence-electron chi connectivity index (χ0n) is 24.8. The average Bonchev–Trinajstić information content (AvgIpc) is 3.66. The summed E-state index contributed by atoms with van der Waals surface area (Å²) in [5.74, 6) is 2.05. The number of benzene rings is 3. The van der Waals surface area contributed by atoms with Crippen LogP contribution >= 0.6 is 12.0 Å². The molecule has 9 nitrogen and oxygen atoms in total. The Balaban J connectivity index is 0.000000369. The molecule has 4 aliphatic heterocycles. The molecule has 2 atom stereocenters. The van der Waals surface area contributed by atoms with Gasteiger partial charge in [0.15, 0.2) is 23.0 Å². The van der Waals surface area contributed by atoms with E-state index in [4.69, 9.17) is 17.3 Å². The van der Waals surface area contributed by atoms with E-state index >= 15 is 0 Å². The van der Waals surface area contributed by atoms with Crippen molar-refractivity contribution in [1.29, 1.82) is 0 Å². The maximum absolute atomic E-state index is 13.5. The molecule has 0 N–H and O–H groups in total. The first-order valence-electron chi connectivity index (χ1n) is 14.1. The molecule has 0 aromatic heterocycles. The van der Waals surface area contributed by atoms with Crippen LogP contribution in [0.3, 0.4) is 0 Å². The van der Waals surface area contributed by atoms with Crippen molar-refractivity contribution >= 4 is 34.8 Å². The summed E-state index contributed by atoms with van der Waals surface area (Å²) in [6.45, 7) is 10.6. The number of rotatable bonds is 4. The number of methoxy groups -OCH3 is 1. The van der Waals surface area contributed by atoms with Gasteiger partial charge in [-0.3, -0.25) is 13.3 Å². The lowest BCUT2D eigenvalue weighted by Gasteiger charge is -2.41. The third-order valence-electron chi connectivity index (χ3n) is 6.73. The second kappa shape index (κ2) is 15.9. The third-order valence-corrected chi connectivity index (χ3v) is 8.79. The van der Waals surface area contributed by atoms with Crippen molar-refractivity contribution in [3.05, 3.63) is 76.6 Å². The summed E-state index contributed by atoms with van der Waals surface area (Å²) < 4.78 is 65.9. The van der Waals surface area contributed by atoms with Gasteiger partial charge in [-0.15, -0.1) is 0 Å². The van der Waals surface area contributed by atoms with E-state index < -0.39 is 22.7 Å². The summed E-state index contributed by atoms with van der Waals surface area (Å²) in [5.41, 5.74) is 4.78. The number of halogens is 1. The van der Waals surface area contributed by atoms with Crippen molar-refractivity contribution in [2.75, 3.05) is 26.9 Å². The first-order valence-corrected chi connectivity index (χ1v) is 16.9. The van der Waals surface area contributed by atoms with Gasteiger partial charge in [0.25, 0.3) is 0 Å². The van der Waals surface area contributed by atoms with E-state index in [1.807, 2.05) is 52.0 Å². The summed E-state index contributed by atoms with van der Waals surface area (Å²) in [7, 11) is 1.62. The Morgan fingerprint density at radius 2 is 1.58 bits per heavy atom. The number of ether oxygens (including phenoxy) is 1. The number of hydrogen-bond donors (Lipinski definition) is 0. The van der Waals surface area contributed by atoms with Crippen LogP contribution in [-0.4, -0.2) is 40.2 Å². The van der Waals surface area contributed by atoms with Gasteiger partial charge in [0, 0.05) is 19.1 Å². The monoisotopic (exact) mass is 653 g/mol. The zero-order valence-corrected chi connectivity index (χ0v) is 27.2. The number of hydrogen-bond acceptors (Lipinski definition) is 10. The molecule has 0 spiro atoms. The van der Waals surface area contributed by atoms with Crippen molar-refractivity contribution in [2.45, 2.75) is 58.0 Å². The molecule has 1 saturated heterocycles. The summed E-state index contributed by atoms with van der Waals surface area (Å²) >= 11 is -2.07. The molecule has 0 amide bonds. The van der Waals surface area contributed by atoms with Crippen molar-refractivity contribution < 1.29 is 38.5 Å². The van der Waals surface area contributed by atoms with Gasteiger partial charge >= 0.3 is 22.7 Å². The van der Waals surface area contributed by atoms with Crippen LogP contribution in [0.4, 0.5) is 4.39 Å². The van der Waals surface area contributed by atoms with Crippen LogP contribution in [0, 0.1) is 5.82 Å². The fourth-order valence-corrected chi connectivity index (χ4v) is 6.64. The second-order valence-corrected chi connectivity index (χ2v) is 11.5. The van der Waals surface area contributed by atoms with Gasteiger partial charge in [0.1, 0.15) is 5.82 Å².